The molecule has 1 fully saturated rings. The molecular formula is C14H26N4. The normalized spacial score (nSPS) is 20.0. The molecule has 0 radical (unpaired) electrons. The fraction of sp³-hybridized carbons (Fsp3) is 0.786. The molecule has 0 atom stereocenters. The second-order valence-corrected chi connectivity index (χ2v) is 5.68. The Hall–Kier alpha value is -0.870. The molecule has 1 saturated carbocycles. The number of likely N-dealkylation sites (N-methyl/N-ethyl adjacent to an activating group) is 1. The van der Waals surface area contributed by atoms with E-state index in [4.69, 9.17) is 5.73 Å². The zero-order chi connectivity index (χ0) is 13.0. The van der Waals surface area contributed by atoms with Crippen LogP contribution in [0.3, 0.4) is 0 Å². The molecule has 1 aromatic rings. The van der Waals surface area contributed by atoms with E-state index in [1.807, 2.05) is 17.9 Å². The molecule has 1 aliphatic carbocycles. The van der Waals surface area contributed by atoms with Crippen molar-refractivity contribution in [1.82, 2.24) is 14.7 Å². The van der Waals surface area contributed by atoms with Crippen molar-refractivity contribution in [3.05, 3.63) is 18.0 Å². The summed E-state index contributed by atoms with van der Waals surface area (Å²) in [6.07, 6.45) is 9.80. The molecule has 0 bridgehead atoms. The minimum atomic E-state index is 0.189. The lowest BCUT2D eigenvalue weighted by atomic mass is 9.88. The van der Waals surface area contributed by atoms with E-state index in [0.717, 1.165) is 18.8 Å². The molecule has 1 aliphatic rings. The molecule has 102 valence electrons. The van der Waals surface area contributed by atoms with Gasteiger partial charge in [-0.15, -0.1) is 0 Å². The van der Waals surface area contributed by atoms with Gasteiger partial charge in [-0.05, 0) is 26.0 Å². The SMILES string of the molecule is CN(Cc1ccn(C)n1)C1(CN)CCCCCC1. The summed E-state index contributed by atoms with van der Waals surface area (Å²) in [4.78, 5) is 2.43. The standard InChI is InChI=1S/C14H26N4/c1-17(11-13-7-10-18(2)16-13)14(12-15)8-5-3-4-6-9-14/h7,10H,3-6,8-9,11-12,15H2,1-2H3. The van der Waals surface area contributed by atoms with Crippen LogP contribution in [0.25, 0.3) is 0 Å². The van der Waals surface area contributed by atoms with Crippen LogP contribution in [0.2, 0.25) is 0 Å². The Bertz CT molecular complexity index is 364. The molecule has 2 N–H and O–H groups in total. The predicted octanol–water partition coefficient (Wildman–Crippen LogP) is 1.90. The van der Waals surface area contributed by atoms with Crippen molar-refractivity contribution in [2.45, 2.75) is 50.6 Å². The van der Waals surface area contributed by atoms with Crippen molar-refractivity contribution in [2.24, 2.45) is 12.8 Å². The van der Waals surface area contributed by atoms with Gasteiger partial charge >= 0.3 is 0 Å². The van der Waals surface area contributed by atoms with Crippen LogP contribution in [0.5, 0.6) is 0 Å². The molecule has 0 aromatic carbocycles. The highest BCUT2D eigenvalue weighted by Gasteiger charge is 2.33. The molecule has 0 saturated heterocycles. The van der Waals surface area contributed by atoms with Gasteiger partial charge < -0.3 is 5.73 Å². The third kappa shape index (κ3) is 2.93. The lowest BCUT2D eigenvalue weighted by Gasteiger charge is -2.40. The maximum atomic E-state index is 6.10. The lowest BCUT2D eigenvalue weighted by molar-refractivity contribution is 0.0982. The second-order valence-electron chi connectivity index (χ2n) is 5.68. The quantitative estimate of drug-likeness (QED) is 0.830. The minimum absolute atomic E-state index is 0.189. The first kappa shape index (κ1) is 13.6. The summed E-state index contributed by atoms with van der Waals surface area (Å²) in [7, 11) is 4.17. The van der Waals surface area contributed by atoms with E-state index in [2.05, 4.69) is 23.1 Å². The van der Waals surface area contributed by atoms with Crippen molar-refractivity contribution in [3.63, 3.8) is 0 Å². The van der Waals surface area contributed by atoms with Gasteiger partial charge in [0, 0.05) is 31.9 Å². The molecule has 0 amide bonds. The Balaban J connectivity index is 2.06. The molecule has 2 rings (SSSR count). The highest BCUT2D eigenvalue weighted by molar-refractivity contribution is 5.01. The third-order valence-corrected chi connectivity index (χ3v) is 4.39. The number of hydrogen-bond donors (Lipinski definition) is 1. The smallest absolute Gasteiger partial charge is 0.0764 e. The van der Waals surface area contributed by atoms with Gasteiger partial charge in [-0.2, -0.15) is 5.10 Å². The van der Waals surface area contributed by atoms with Crippen LogP contribution >= 0.6 is 0 Å². The lowest BCUT2D eigenvalue weighted by Crippen LogP contribution is -2.51. The van der Waals surface area contributed by atoms with Crippen molar-refractivity contribution in [2.75, 3.05) is 13.6 Å². The largest absolute Gasteiger partial charge is 0.329 e. The molecule has 0 unspecified atom stereocenters. The van der Waals surface area contributed by atoms with Crippen molar-refractivity contribution in [3.8, 4) is 0 Å². The molecule has 0 aliphatic heterocycles. The first-order chi connectivity index (χ1) is 8.66. The average Bonchev–Trinajstić information content (AvgIpc) is 2.65. The number of rotatable bonds is 4. The Morgan fingerprint density at radius 3 is 2.50 bits per heavy atom. The van der Waals surface area contributed by atoms with Crippen molar-refractivity contribution < 1.29 is 0 Å². The number of aryl methyl sites for hydroxylation is 1. The molecule has 1 heterocycles. The van der Waals surface area contributed by atoms with Gasteiger partial charge in [0.15, 0.2) is 0 Å². The van der Waals surface area contributed by atoms with E-state index in [9.17, 15) is 0 Å². The van der Waals surface area contributed by atoms with Crippen LogP contribution in [-0.4, -0.2) is 33.8 Å². The number of nitrogens with zero attached hydrogens (tertiary/aromatic N) is 3. The number of hydrogen-bond acceptors (Lipinski definition) is 3. The molecule has 1 aromatic heterocycles. The van der Waals surface area contributed by atoms with Gasteiger partial charge in [-0.3, -0.25) is 9.58 Å². The zero-order valence-electron chi connectivity index (χ0n) is 11.7. The fourth-order valence-electron chi connectivity index (χ4n) is 3.09. The molecule has 4 nitrogen and oxygen atoms in total. The molecule has 18 heavy (non-hydrogen) atoms. The average molecular weight is 250 g/mol. The van der Waals surface area contributed by atoms with Crippen LogP contribution in [0.1, 0.15) is 44.2 Å². The maximum Gasteiger partial charge on any atom is 0.0764 e. The van der Waals surface area contributed by atoms with Crippen LogP contribution in [0.15, 0.2) is 12.3 Å². The fourth-order valence-corrected chi connectivity index (χ4v) is 3.09. The summed E-state index contributed by atoms with van der Waals surface area (Å²) in [5.74, 6) is 0. The Kier molecular flexibility index (Phi) is 4.40. The molecular weight excluding hydrogens is 224 g/mol. The highest BCUT2D eigenvalue weighted by atomic mass is 15.3. The van der Waals surface area contributed by atoms with E-state index in [-0.39, 0.29) is 5.54 Å². The van der Waals surface area contributed by atoms with Crippen LogP contribution in [-0.2, 0) is 13.6 Å². The monoisotopic (exact) mass is 250 g/mol. The maximum absolute atomic E-state index is 6.10. The molecule has 0 spiro atoms. The van der Waals surface area contributed by atoms with Crippen LogP contribution < -0.4 is 5.73 Å². The number of aromatic nitrogens is 2. The summed E-state index contributed by atoms with van der Waals surface area (Å²) >= 11 is 0. The summed E-state index contributed by atoms with van der Waals surface area (Å²) in [6.45, 7) is 1.66. The summed E-state index contributed by atoms with van der Waals surface area (Å²) in [5, 5.41) is 4.47. The van der Waals surface area contributed by atoms with E-state index >= 15 is 0 Å². The summed E-state index contributed by atoms with van der Waals surface area (Å²) < 4.78 is 1.87. The van der Waals surface area contributed by atoms with Gasteiger partial charge in [0.05, 0.1) is 5.69 Å². The Morgan fingerprint density at radius 1 is 1.33 bits per heavy atom. The second kappa shape index (κ2) is 5.85. The first-order valence-electron chi connectivity index (χ1n) is 7.06. The summed E-state index contributed by atoms with van der Waals surface area (Å²) in [6, 6.07) is 2.09. The van der Waals surface area contributed by atoms with Crippen LogP contribution in [0, 0.1) is 0 Å². The minimum Gasteiger partial charge on any atom is -0.329 e. The van der Waals surface area contributed by atoms with Gasteiger partial charge in [0.2, 0.25) is 0 Å². The van der Waals surface area contributed by atoms with Crippen molar-refractivity contribution >= 4 is 0 Å². The van der Waals surface area contributed by atoms with E-state index in [1.54, 1.807) is 0 Å². The summed E-state index contributed by atoms with van der Waals surface area (Å²) in [5.41, 5.74) is 7.42. The third-order valence-electron chi connectivity index (χ3n) is 4.39. The molecule has 4 heteroatoms. The van der Waals surface area contributed by atoms with Gasteiger partial charge in [0.25, 0.3) is 0 Å². The highest BCUT2D eigenvalue weighted by Crippen LogP contribution is 2.31. The van der Waals surface area contributed by atoms with Gasteiger partial charge in [-0.25, -0.2) is 0 Å². The predicted molar refractivity (Wildman–Crippen MR) is 74.2 cm³/mol. The number of nitrogens with two attached hydrogens (primary N) is 1. The van der Waals surface area contributed by atoms with Crippen LogP contribution in [0.4, 0.5) is 0 Å². The Morgan fingerprint density at radius 2 is 2.00 bits per heavy atom. The van der Waals surface area contributed by atoms with E-state index in [0.29, 0.717) is 0 Å². The van der Waals surface area contributed by atoms with E-state index in [1.165, 1.54) is 38.5 Å². The first-order valence-corrected chi connectivity index (χ1v) is 7.06. The Labute approximate surface area is 110 Å². The van der Waals surface area contributed by atoms with Crippen molar-refractivity contribution in [1.29, 1.82) is 0 Å². The zero-order valence-corrected chi connectivity index (χ0v) is 11.7. The van der Waals surface area contributed by atoms with E-state index < -0.39 is 0 Å². The van der Waals surface area contributed by atoms with Gasteiger partial charge in [0.1, 0.15) is 0 Å². The topological polar surface area (TPSA) is 47.1 Å². The van der Waals surface area contributed by atoms with Gasteiger partial charge in [-0.1, -0.05) is 25.7 Å².